The van der Waals surface area contributed by atoms with E-state index in [0.717, 1.165) is 46.4 Å². The summed E-state index contributed by atoms with van der Waals surface area (Å²) in [5, 5.41) is 8.22. The van der Waals surface area contributed by atoms with Crippen molar-refractivity contribution < 1.29 is 4.79 Å². The third-order valence-electron chi connectivity index (χ3n) is 4.27. The number of nitrogens with zero attached hydrogens (tertiary/aromatic N) is 3. The van der Waals surface area contributed by atoms with E-state index < -0.39 is 0 Å². The van der Waals surface area contributed by atoms with Gasteiger partial charge in [0.05, 0.1) is 29.0 Å². The van der Waals surface area contributed by atoms with E-state index in [1.54, 1.807) is 4.90 Å². The molecule has 0 bridgehead atoms. The largest absolute Gasteiger partial charge is 0.336 e. The number of nitrogens with one attached hydrogen (secondary N) is 1. The maximum atomic E-state index is 13.0. The molecule has 0 radical (unpaired) electrons. The van der Waals surface area contributed by atoms with Crippen LogP contribution in [0.4, 0.5) is 0 Å². The normalized spacial score (nSPS) is 11.0. The Kier molecular flexibility index (Phi) is 4.83. The van der Waals surface area contributed by atoms with Gasteiger partial charge in [0.1, 0.15) is 0 Å². The summed E-state index contributed by atoms with van der Waals surface area (Å²) in [6.07, 6.45) is 2.00. The van der Waals surface area contributed by atoms with Gasteiger partial charge < -0.3 is 4.90 Å². The number of amides is 1. The maximum Gasteiger partial charge on any atom is 0.254 e. The van der Waals surface area contributed by atoms with Crippen molar-refractivity contribution in [2.24, 2.45) is 0 Å². The number of H-pyrrole nitrogens is 1. The molecule has 0 aliphatic heterocycles. The van der Waals surface area contributed by atoms with Gasteiger partial charge in [0.25, 0.3) is 5.91 Å². The van der Waals surface area contributed by atoms with Crippen molar-refractivity contribution in [3.05, 3.63) is 58.5 Å². The van der Waals surface area contributed by atoms with Crippen molar-refractivity contribution in [3.63, 3.8) is 0 Å². The maximum absolute atomic E-state index is 13.0. The van der Waals surface area contributed by atoms with Crippen molar-refractivity contribution in [1.29, 1.82) is 0 Å². The molecule has 5 heteroatoms. The van der Waals surface area contributed by atoms with E-state index in [0.29, 0.717) is 12.1 Å². The average Bonchev–Trinajstić information content (AvgIpc) is 3.01. The number of aromatic amines is 1. The minimum atomic E-state index is -0.00672. The average molecular weight is 336 g/mol. The SMILES string of the molecule is CCCc1cc(CN(C)C(=O)c2cc(C)nc3ccc(C)cc23)[nH]n1. The molecule has 1 amide bonds. The molecule has 0 unspecified atom stereocenters. The highest BCUT2D eigenvalue weighted by molar-refractivity contribution is 6.06. The molecule has 0 spiro atoms. The van der Waals surface area contributed by atoms with E-state index in [1.807, 2.05) is 51.2 Å². The number of benzene rings is 1. The fraction of sp³-hybridized carbons (Fsp3) is 0.350. The van der Waals surface area contributed by atoms with Gasteiger partial charge in [0, 0.05) is 18.1 Å². The first-order valence-corrected chi connectivity index (χ1v) is 8.64. The molecule has 0 aliphatic carbocycles. The van der Waals surface area contributed by atoms with Crippen LogP contribution >= 0.6 is 0 Å². The molecule has 25 heavy (non-hydrogen) atoms. The van der Waals surface area contributed by atoms with E-state index >= 15 is 0 Å². The molecule has 1 N–H and O–H groups in total. The van der Waals surface area contributed by atoms with E-state index in [-0.39, 0.29) is 5.91 Å². The van der Waals surface area contributed by atoms with E-state index in [9.17, 15) is 4.79 Å². The first-order valence-electron chi connectivity index (χ1n) is 8.64. The summed E-state index contributed by atoms with van der Waals surface area (Å²) in [7, 11) is 1.82. The van der Waals surface area contributed by atoms with Gasteiger partial charge in [-0.15, -0.1) is 0 Å². The number of aromatic nitrogens is 3. The molecule has 0 aliphatic rings. The monoisotopic (exact) mass is 336 g/mol. The molecule has 2 heterocycles. The van der Waals surface area contributed by atoms with Crippen molar-refractivity contribution in [3.8, 4) is 0 Å². The number of pyridine rings is 1. The Balaban J connectivity index is 1.88. The highest BCUT2D eigenvalue weighted by atomic mass is 16.2. The van der Waals surface area contributed by atoms with Crippen molar-refractivity contribution in [1.82, 2.24) is 20.1 Å². The lowest BCUT2D eigenvalue weighted by atomic mass is 10.0. The first kappa shape index (κ1) is 17.1. The van der Waals surface area contributed by atoms with Crippen molar-refractivity contribution in [2.45, 2.75) is 40.2 Å². The lowest BCUT2D eigenvalue weighted by Gasteiger charge is -2.18. The number of hydrogen-bond donors (Lipinski definition) is 1. The molecule has 0 atom stereocenters. The highest BCUT2D eigenvalue weighted by Gasteiger charge is 2.17. The van der Waals surface area contributed by atoms with Crippen LogP contribution in [-0.4, -0.2) is 33.0 Å². The zero-order valence-electron chi connectivity index (χ0n) is 15.3. The molecule has 2 aromatic heterocycles. The summed E-state index contributed by atoms with van der Waals surface area (Å²) >= 11 is 0. The van der Waals surface area contributed by atoms with Crippen LogP contribution in [0.3, 0.4) is 0 Å². The Bertz CT molecular complexity index is 913. The molecule has 3 rings (SSSR count). The van der Waals surface area contributed by atoms with Crippen molar-refractivity contribution >= 4 is 16.8 Å². The quantitative estimate of drug-likeness (QED) is 0.771. The minimum Gasteiger partial charge on any atom is -0.336 e. The molecule has 1 aromatic carbocycles. The highest BCUT2D eigenvalue weighted by Crippen LogP contribution is 2.21. The van der Waals surface area contributed by atoms with Crippen LogP contribution in [-0.2, 0) is 13.0 Å². The van der Waals surface area contributed by atoms with Gasteiger partial charge in [0.15, 0.2) is 0 Å². The van der Waals surface area contributed by atoms with E-state index in [4.69, 9.17) is 0 Å². The number of rotatable bonds is 5. The van der Waals surface area contributed by atoms with Crippen LogP contribution < -0.4 is 0 Å². The van der Waals surface area contributed by atoms with Gasteiger partial charge in [0.2, 0.25) is 0 Å². The Morgan fingerprint density at radius 3 is 2.76 bits per heavy atom. The number of carbonyl (C=O) groups excluding carboxylic acids is 1. The van der Waals surface area contributed by atoms with Gasteiger partial charge in [-0.1, -0.05) is 25.0 Å². The van der Waals surface area contributed by atoms with E-state index in [1.165, 1.54) is 0 Å². The predicted molar refractivity (Wildman–Crippen MR) is 99.6 cm³/mol. The third-order valence-corrected chi connectivity index (χ3v) is 4.27. The summed E-state index contributed by atoms with van der Waals surface area (Å²) in [4.78, 5) is 19.3. The second-order valence-electron chi connectivity index (χ2n) is 6.63. The van der Waals surface area contributed by atoms with Crippen LogP contribution in [0.2, 0.25) is 0 Å². The summed E-state index contributed by atoms with van der Waals surface area (Å²) in [6.45, 7) is 6.58. The minimum absolute atomic E-state index is 0.00672. The second kappa shape index (κ2) is 7.05. The van der Waals surface area contributed by atoms with Gasteiger partial charge in [-0.3, -0.25) is 14.9 Å². The molecule has 3 aromatic rings. The first-order chi connectivity index (χ1) is 12.0. The van der Waals surface area contributed by atoms with Crippen LogP contribution in [0.5, 0.6) is 0 Å². The molecular formula is C20H24N4O. The smallest absolute Gasteiger partial charge is 0.254 e. The van der Waals surface area contributed by atoms with Crippen LogP contribution in [0.1, 0.15) is 46.3 Å². The van der Waals surface area contributed by atoms with Crippen molar-refractivity contribution in [2.75, 3.05) is 7.05 Å². The summed E-state index contributed by atoms with van der Waals surface area (Å²) < 4.78 is 0. The number of fused-ring (bicyclic) bond motifs is 1. The number of aryl methyl sites for hydroxylation is 3. The van der Waals surface area contributed by atoms with Crippen LogP contribution in [0.25, 0.3) is 10.9 Å². The summed E-state index contributed by atoms with van der Waals surface area (Å²) in [6, 6.07) is 9.93. The Labute approximate surface area is 148 Å². The van der Waals surface area contributed by atoms with Gasteiger partial charge in [-0.2, -0.15) is 5.10 Å². The lowest BCUT2D eigenvalue weighted by molar-refractivity contribution is 0.0785. The second-order valence-corrected chi connectivity index (χ2v) is 6.63. The fourth-order valence-corrected chi connectivity index (χ4v) is 3.06. The predicted octanol–water partition coefficient (Wildman–Crippen LogP) is 3.80. The summed E-state index contributed by atoms with van der Waals surface area (Å²) in [5.41, 5.74) is 5.51. The molecule has 0 saturated heterocycles. The molecule has 0 saturated carbocycles. The standard InChI is InChI=1S/C20H24N4O/c1-5-6-15-11-16(23-22-15)12-24(4)20(25)18-10-14(3)21-19-8-7-13(2)9-17(18)19/h7-11H,5-6,12H2,1-4H3,(H,22,23). The molecular weight excluding hydrogens is 312 g/mol. The van der Waals surface area contributed by atoms with Crippen LogP contribution in [0.15, 0.2) is 30.3 Å². The Morgan fingerprint density at radius 2 is 2.00 bits per heavy atom. The Hall–Kier alpha value is -2.69. The number of carbonyl (C=O) groups is 1. The van der Waals surface area contributed by atoms with Crippen LogP contribution in [0, 0.1) is 13.8 Å². The number of hydrogen-bond acceptors (Lipinski definition) is 3. The fourth-order valence-electron chi connectivity index (χ4n) is 3.06. The molecule has 5 nitrogen and oxygen atoms in total. The molecule has 130 valence electrons. The zero-order valence-corrected chi connectivity index (χ0v) is 15.3. The summed E-state index contributed by atoms with van der Waals surface area (Å²) in [5.74, 6) is -0.00672. The topological polar surface area (TPSA) is 61.9 Å². The van der Waals surface area contributed by atoms with Gasteiger partial charge in [-0.25, -0.2) is 0 Å². The van der Waals surface area contributed by atoms with E-state index in [2.05, 4.69) is 22.1 Å². The van der Waals surface area contributed by atoms with Gasteiger partial charge >= 0.3 is 0 Å². The lowest BCUT2D eigenvalue weighted by Crippen LogP contribution is -2.26. The van der Waals surface area contributed by atoms with Gasteiger partial charge in [-0.05, 0) is 44.5 Å². The Morgan fingerprint density at radius 1 is 1.20 bits per heavy atom. The molecule has 0 fully saturated rings. The third kappa shape index (κ3) is 3.71. The zero-order chi connectivity index (χ0) is 18.0.